The lowest BCUT2D eigenvalue weighted by atomic mass is 10.3. The molecule has 19 heavy (non-hydrogen) atoms. The van der Waals surface area contributed by atoms with Crippen molar-refractivity contribution in [2.24, 2.45) is 0 Å². The molecule has 0 aromatic rings. The number of hydrogen-bond acceptors (Lipinski definition) is 4. The average molecular weight is 341 g/mol. The molecule has 2 heterocycles. The van der Waals surface area contributed by atoms with Crippen LogP contribution in [0.1, 0.15) is 6.42 Å². The van der Waals surface area contributed by atoms with E-state index in [1.54, 1.807) is 4.90 Å². The number of allylic oxidation sites excluding steroid dienone is 1. The highest BCUT2D eigenvalue weighted by Crippen LogP contribution is 2.41. The van der Waals surface area contributed by atoms with E-state index in [4.69, 9.17) is 23.2 Å². The summed E-state index contributed by atoms with van der Waals surface area (Å²) in [5, 5.41) is 2.87. The molecule has 0 aromatic heterocycles. The number of hydrogen-bond donors (Lipinski definition) is 1. The molecule has 0 spiro atoms. The molecule has 1 saturated heterocycles. The van der Waals surface area contributed by atoms with Crippen LogP contribution in [0.2, 0.25) is 0 Å². The first-order chi connectivity index (χ1) is 9.08. The lowest BCUT2D eigenvalue weighted by Gasteiger charge is -2.26. The van der Waals surface area contributed by atoms with Crippen molar-refractivity contribution >= 4 is 58.5 Å². The van der Waals surface area contributed by atoms with Gasteiger partial charge in [-0.2, -0.15) is 11.8 Å². The van der Waals surface area contributed by atoms with E-state index in [0.717, 1.165) is 24.6 Å². The Morgan fingerprint density at radius 1 is 1.32 bits per heavy atom. The zero-order chi connectivity index (χ0) is 13.8. The van der Waals surface area contributed by atoms with E-state index >= 15 is 0 Å². The van der Waals surface area contributed by atoms with Crippen LogP contribution in [0.4, 0.5) is 0 Å². The molecule has 0 radical (unpaired) electrons. The maximum Gasteiger partial charge on any atom is 0.242 e. The summed E-state index contributed by atoms with van der Waals surface area (Å²) >= 11 is 14.8. The van der Waals surface area contributed by atoms with Crippen molar-refractivity contribution in [2.45, 2.75) is 11.7 Å². The van der Waals surface area contributed by atoms with Gasteiger partial charge in [0.25, 0.3) is 0 Å². The molecule has 1 atom stereocenters. The molecule has 0 aromatic carbocycles. The van der Waals surface area contributed by atoms with E-state index in [1.165, 1.54) is 11.8 Å². The number of carbonyl (C=O) groups is 2. The van der Waals surface area contributed by atoms with Crippen LogP contribution in [0.15, 0.2) is 9.40 Å². The summed E-state index contributed by atoms with van der Waals surface area (Å²) in [4.78, 5) is 25.5. The van der Waals surface area contributed by atoms with Crippen molar-refractivity contribution in [3.8, 4) is 0 Å². The van der Waals surface area contributed by atoms with E-state index in [2.05, 4.69) is 5.32 Å². The van der Waals surface area contributed by atoms with E-state index in [-0.39, 0.29) is 23.6 Å². The smallest absolute Gasteiger partial charge is 0.242 e. The van der Waals surface area contributed by atoms with Crippen LogP contribution in [0.3, 0.4) is 0 Å². The molecule has 1 N–H and O–H groups in total. The van der Waals surface area contributed by atoms with Gasteiger partial charge in [-0.25, -0.2) is 0 Å². The van der Waals surface area contributed by atoms with Gasteiger partial charge in [0.05, 0.1) is 16.2 Å². The van der Waals surface area contributed by atoms with Gasteiger partial charge in [-0.1, -0.05) is 35.0 Å². The van der Waals surface area contributed by atoms with Crippen molar-refractivity contribution in [1.82, 2.24) is 10.2 Å². The summed E-state index contributed by atoms with van der Waals surface area (Å²) in [7, 11) is 0. The fourth-order valence-corrected chi connectivity index (χ4v) is 4.40. The molecule has 2 rings (SSSR count). The molecule has 0 saturated carbocycles. The second-order valence-corrected chi connectivity index (χ2v) is 7.70. The quantitative estimate of drug-likeness (QED) is 0.851. The number of halogens is 2. The summed E-state index contributed by atoms with van der Waals surface area (Å²) < 4.78 is 0.473. The molecule has 2 aliphatic rings. The Bertz CT molecular complexity index is 397. The SMILES string of the molecule is O=C(NCC(=O)N1CCSCC1)C1CC(Cl)=C(Cl)S1. The number of amides is 2. The normalized spacial score (nSPS) is 23.7. The minimum absolute atomic E-state index is 0.0261. The molecule has 2 amide bonds. The van der Waals surface area contributed by atoms with E-state index in [9.17, 15) is 9.59 Å². The van der Waals surface area contributed by atoms with Gasteiger partial charge in [0, 0.05) is 36.0 Å². The summed E-state index contributed by atoms with van der Waals surface area (Å²) in [5.41, 5.74) is 0. The maximum absolute atomic E-state index is 11.9. The van der Waals surface area contributed by atoms with Crippen molar-refractivity contribution in [3.63, 3.8) is 0 Å². The Morgan fingerprint density at radius 3 is 2.58 bits per heavy atom. The van der Waals surface area contributed by atoms with E-state index in [1.807, 2.05) is 11.8 Å². The zero-order valence-electron chi connectivity index (χ0n) is 10.2. The van der Waals surface area contributed by atoms with Gasteiger partial charge in [-0.3, -0.25) is 9.59 Å². The third-order valence-electron chi connectivity index (χ3n) is 2.89. The van der Waals surface area contributed by atoms with Gasteiger partial charge in [0.15, 0.2) is 0 Å². The van der Waals surface area contributed by atoms with Gasteiger partial charge in [0.2, 0.25) is 11.8 Å². The predicted octanol–water partition coefficient (Wildman–Crippen LogP) is 1.83. The molecule has 1 unspecified atom stereocenters. The zero-order valence-corrected chi connectivity index (χ0v) is 13.3. The average Bonchev–Trinajstić information content (AvgIpc) is 2.77. The lowest BCUT2D eigenvalue weighted by Crippen LogP contribution is -2.45. The van der Waals surface area contributed by atoms with Gasteiger partial charge in [-0.05, 0) is 0 Å². The van der Waals surface area contributed by atoms with Crippen LogP contribution in [0.25, 0.3) is 0 Å². The van der Waals surface area contributed by atoms with Crippen LogP contribution in [-0.4, -0.2) is 53.1 Å². The third-order valence-corrected chi connectivity index (χ3v) is 6.00. The fraction of sp³-hybridized carbons (Fsp3) is 0.636. The minimum Gasteiger partial charge on any atom is -0.346 e. The lowest BCUT2D eigenvalue weighted by molar-refractivity contribution is -0.132. The van der Waals surface area contributed by atoms with E-state index < -0.39 is 0 Å². The Morgan fingerprint density at radius 2 is 2.00 bits per heavy atom. The largest absolute Gasteiger partial charge is 0.346 e. The topological polar surface area (TPSA) is 49.4 Å². The molecule has 0 bridgehead atoms. The molecule has 0 aliphatic carbocycles. The standard InChI is InChI=1S/C11H14Cl2N2O2S2/c12-7-5-8(19-10(7)13)11(17)14-6-9(16)15-1-3-18-4-2-15/h8H,1-6H2,(H,14,17). The van der Waals surface area contributed by atoms with Crippen molar-refractivity contribution in [1.29, 1.82) is 0 Å². The first-order valence-corrected chi connectivity index (χ1v) is 8.71. The Labute approximate surface area is 130 Å². The van der Waals surface area contributed by atoms with Crippen molar-refractivity contribution < 1.29 is 9.59 Å². The van der Waals surface area contributed by atoms with Crippen LogP contribution in [0.5, 0.6) is 0 Å². The number of rotatable bonds is 3. The Kier molecular flexibility index (Phi) is 5.74. The minimum atomic E-state index is -0.315. The first kappa shape index (κ1) is 15.4. The van der Waals surface area contributed by atoms with Crippen LogP contribution in [0, 0.1) is 0 Å². The summed E-state index contributed by atoms with van der Waals surface area (Å²) in [6.07, 6.45) is 0.436. The molecule has 4 nitrogen and oxygen atoms in total. The summed E-state index contributed by atoms with van der Waals surface area (Å²) in [6.45, 7) is 1.57. The molecule has 106 valence electrons. The predicted molar refractivity (Wildman–Crippen MR) is 81.6 cm³/mol. The summed E-state index contributed by atoms with van der Waals surface area (Å²) in [6, 6.07) is 0. The molecule has 1 fully saturated rings. The monoisotopic (exact) mass is 340 g/mol. The Hall–Kier alpha value is -0.0400. The van der Waals surface area contributed by atoms with Gasteiger partial charge >= 0.3 is 0 Å². The molecular weight excluding hydrogens is 327 g/mol. The second kappa shape index (κ2) is 7.11. The van der Waals surface area contributed by atoms with Gasteiger partial charge in [-0.15, -0.1) is 0 Å². The Balaban J connectivity index is 1.73. The first-order valence-electron chi connectivity index (χ1n) is 5.92. The highest BCUT2D eigenvalue weighted by Gasteiger charge is 2.29. The second-order valence-electron chi connectivity index (χ2n) is 4.20. The van der Waals surface area contributed by atoms with E-state index in [0.29, 0.717) is 15.8 Å². The number of nitrogens with zero attached hydrogens (tertiary/aromatic N) is 1. The van der Waals surface area contributed by atoms with Crippen molar-refractivity contribution in [3.05, 3.63) is 9.40 Å². The third kappa shape index (κ3) is 4.21. The van der Waals surface area contributed by atoms with Gasteiger partial charge < -0.3 is 10.2 Å². The van der Waals surface area contributed by atoms with Crippen LogP contribution in [-0.2, 0) is 9.59 Å². The number of thioether (sulfide) groups is 2. The van der Waals surface area contributed by atoms with Crippen LogP contribution < -0.4 is 5.32 Å². The summed E-state index contributed by atoms with van der Waals surface area (Å²) in [5.74, 6) is 1.72. The van der Waals surface area contributed by atoms with Crippen molar-refractivity contribution in [2.75, 3.05) is 31.1 Å². The van der Waals surface area contributed by atoms with Gasteiger partial charge in [0.1, 0.15) is 0 Å². The molecular formula is C11H14Cl2N2O2S2. The molecule has 2 aliphatic heterocycles. The molecule has 8 heteroatoms. The maximum atomic E-state index is 11.9. The van der Waals surface area contributed by atoms with Crippen LogP contribution >= 0.6 is 46.7 Å². The number of carbonyl (C=O) groups excluding carboxylic acids is 2. The number of nitrogens with one attached hydrogen (secondary N) is 1. The highest BCUT2D eigenvalue weighted by atomic mass is 35.5. The highest BCUT2D eigenvalue weighted by molar-refractivity contribution is 8.06. The fourth-order valence-electron chi connectivity index (χ4n) is 1.82.